The maximum Gasteiger partial charge on any atom is 0.223 e. The second-order valence-corrected chi connectivity index (χ2v) is 7.20. The molecule has 3 rings (SSSR count). The molecule has 2 fully saturated rings. The predicted molar refractivity (Wildman–Crippen MR) is 92.2 cm³/mol. The van der Waals surface area contributed by atoms with Crippen LogP contribution in [-0.4, -0.2) is 37.3 Å². The van der Waals surface area contributed by atoms with E-state index in [1.165, 1.54) is 17.7 Å². The van der Waals surface area contributed by atoms with Gasteiger partial charge in [-0.05, 0) is 31.0 Å². The second kappa shape index (κ2) is 7.88. The number of amides is 1. The number of hydrogen-bond donors (Lipinski definition) is 3. The molecule has 0 unspecified atom stereocenters. The number of rotatable bonds is 5. The fourth-order valence-corrected chi connectivity index (χ4v) is 3.97. The van der Waals surface area contributed by atoms with Crippen molar-refractivity contribution in [2.45, 2.75) is 51.1 Å². The number of phenolic OH excluding ortho intramolecular Hbond substituents is 1. The number of aromatic hydroxyl groups is 1. The SMILES string of the molecule is COc1cc(C[NH+]2CCC(C(=O)NC3CCCC3)CC2)ccc1O. The fraction of sp³-hybridized carbons (Fsp3) is 0.632. The number of carbonyl (C=O) groups excluding carboxylic acids is 1. The van der Waals surface area contributed by atoms with Gasteiger partial charge in [-0.2, -0.15) is 0 Å². The van der Waals surface area contributed by atoms with Crippen LogP contribution in [0.3, 0.4) is 0 Å². The largest absolute Gasteiger partial charge is 0.504 e. The molecule has 1 aliphatic heterocycles. The van der Waals surface area contributed by atoms with E-state index in [0.29, 0.717) is 11.8 Å². The first-order chi connectivity index (χ1) is 11.7. The van der Waals surface area contributed by atoms with Gasteiger partial charge in [-0.25, -0.2) is 0 Å². The molecular formula is C19H29N2O3+. The summed E-state index contributed by atoms with van der Waals surface area (Å²) in [6, 6.07) is 5.97. The third-order valence-corrected chi connectivity index (χ3v) is 5.46. The number of likely N-dealkylation sites (tertiary alicyclic amines) is 1. The molecule has 0 radical (unpaired) electrons. The van der Waals surface area contributed by atoms with Gasteiger partial charge in [0.15, 0.2) is 11.5 Å². The molecule has 0 aromatic heterocycles. The Hall–Kier alpha value is -1.75. The summed E-state index contributed by atoms with van der Waals surface area (Å²) >= 11 is 0. The van der Waals surface area contributed by atoms with Gasteiger partial charge in [-0.3, -0.25) is 4.79 Å². The van der Waals surface area contributed by atoms with Crippen LogP contribution in [-0.2, 0) is 11.3 Å². The Balaban J connectivity index is 1.47. The van der Waals surface area contributed by atoms with Crippen molar-refractivity contribution in [2.24, 2.45) is 5.92 Å². The van der Waals surface area contributed by atoms with Gasteiger partial charge in [0.25, 0.3) is 0 Å². The van der Waals surface area contributed by atoms with E-state index < -0.39 is 0 Å². The molecule has 5 nitrogen and oxygen atoms in total. The number of ether oxygens (including phenoxy) is 1. The van der Waals surface area contributed by atoms with Crippen molar-refractivity contribution in [2.75, 3.05) is 20.2 Å². The van der Waals surface area contributed by atoms with Crippen LogP contribution in [0.1, 0.15) is 44.1 Å². The number of quaternary nitrogens is 1. The zero-order chi connectivity index (χ0) is 16.9. The Kier molecular flexibility index (Phi) is 5.61. The summed E-state index contributed by atoms with van der Waals surface area (Å²) in [5.41, 5.74) is 1.16. The van der Waals surface area contributed by atoms with Crippen molar-refractivity contribution in [3.8, 4) is 11.5 Å². The van der Waals surface area contributed by atoms with Crippen LogP contribution in [0.5, 0.6) is 11.5 Å². The van der Waals surface area contributed by atoms with Crippen molar-refractivity contribution < 1.29 is 19.5 Å². The molecule has 0 spiro atoms. The molecule has 0 atom stereocenters. The van der Waals surface area contributed by atoms with Gasteiger partial charge in [0, 0.05) is 30.4 Å². The molecule has 1 saturated heterocycles. The molecule has 132 valence electrons. The summed E-state index contributed by atoms with van der Waals surface area (Å²) in [6.07, 6.45) is 6.73. The highest BCUT2D eigenvalue weighted by Crippen LogP contribution is 2.26. The first-order valence-electron chi connectivity index (χ1n) is 9.15. The van der Waals surface area contributed by atoms with Gasteiger partial charge >= 0.3 is 0 Å². The summed E-state index contributed by atoms with van der Waals surface area (Å²) in [6.45, 7) is 2.95. The van der Waals surface area contributed by atoms with Gasteiger partial charge in [0.2, 0.25) is 5.91 Å². The highest BCUT2D eigenvalue weighted by atomic mass is 16.5. The van der Waals surface area contributed by atoms with E-state index in [1.807, 2.05) is 12.1 Å². The van der Waals surface area contributed by atoms with Crippen molar-refractivity contribution in [3.63, 3.8) is 0 Å². The molecule has 5 heteroatoms. The third-order valence-electron chi connectivity index (χ3n) is 5.46. The van der Waals surface area contributed by atoms with Crippen molar-refractivity contribution in [1.29, 1.82) is 0 Å². The zero-order valence-corrected chi connectivity index (χ0v) is 14.5. The number of benzene rings is 1. The van der Waals surface area contributed by atoms with E-state index in [1.54, 1.807) is 13.2 Å². The van der Waals surface area contributed by atoms with E-state index in [-0.39, 0.29) is 17.6 Å². The van der Waals surface area contributed by atoms with Gasteiger partial charge < -0.3 is 20.1 Å². The lowest BCUT2D eigenvalue weighted by atomic mass is 9.95. The average molecular weight is 333 g/mol. The van der Waals surface area contributed by atoms with E-state index in [4.69, 9.17) is 4.74 Å². The predicted octanol–water partition coefficient (Wildman–Crippen LogP) is 1.25. The van der Waals surface area contributed by atoms with Gasteiger partial charge in [-0.15, -0.1) is 0 Å². The van der Waals surface area contributed by atoms with E-state index in [0.717, 1.165) is 50.9 Å². The first kappa shape index (κ1) is 17.1. The molecule has 24 heavy (non-hydrogen) atoms. The average Bonchev–Trinajstić information content (AvgIpc) is 3.10. The minimum Gasteiger partial charge on any atom is -0.504 e. The van der Waals surface area contributed by atoms with Gasteiger partial charge in [0.1, 0.15) is 6.54 Å². The quantitative estimate of drug-likeness (QED) is 0.760. The van der Waals surface area contributed by atoms with Gasteiger partial charge in [0.05, 0.1) is 20.2 Å². The Bertz CT molecular complexity index is 562. The Morgan fingerprint density at radius 3 is 2.62 bits per heavy atom. The van der Waals surface area contributed by atoms with E-state index in [9.17, 15) is 9.90 Å². The van der Waals surface area contributed by atoms with Crippen LogP contribution in [0, 0.1) is 5.92 Å². The lowest BCUT2D eigenvalue weighted by molar-refractivity contribution is -0.919. The Morgan fingerprint density at radius 2 is 1.96 bits per heavy atom. The molecule has 1 saturated carbocycles. The fourth-order valence-electron chi connectivity index (χ4n) is 3.97. The summed E-state index contributed by atoms with van der Waals surface area (Å²) in [4.78, 5) is 13.9. The lowest BCUT2D eigenvalue weighted by Crippen LogP contribution is -3.11. The topological polar surface area (TPSA) is 63.0 Å². The Morgan fingerprint density at radius 1 is 1.25 bits per heavy atom. The van der Waals surface area contributed by atoms with E-state index >= 15 is 0 Å². The maximum absolute atomic E-state index is 12.4. The molecule has 3 N–H and O–H groups in total. The highest BCUT2D eigenvalue weighted by Gasteiger charge is 2.29. The highest BCUT2D eigenvalue weighted by molar-refractivity contribution is 5.79. The third kappa shape index (κ3) is 4.20. The number of nitrogens with one attached hydrogen (secondary N) is 2. The normalized spacial score (nSPS) is 24.7. The van der Waals surface area contributed by atoms with Gasteiger partial charge in [-0.1, -0.05) is 12.8 Å². The standard InChI is InChI=1S/C19H28N2O3/c1-24-18-12-14(6-7-17(18)22)13-21-10-8-15(9-11-21)19(23)20-16-4-2-3-5-16/h6-7,12,15-16,22H,2-5,8-11,13H2,1H3,(H,20,23)/p+1. The lowest BCUT2D eigenvalue weighted by Gasteiger charge is -2.29. The zero-order valence-electron chi connectivity index (χ0n) is 14.5. The summed E-state index contributed by atoms with van der Waals surface area (Å²) in [5, 5.41) is 12.9. The molecule has 1 amide bonds. The minimum absolute atomic E-state index is 0.179. The number of methoxy groups -OCH3 is 1. The summed E-state index contributed by atoms with van der Waals surface area (Å²) in [5.74, 6) is 1.16. The van der Waals surface area contributed by atoms with Crippen LogP contribution in [0.2, 0.25) is 0 Å². The van der Waals surface area contributed by atoms with Crippen LogP contribution in [0.25, 0.3) is 0 Å². The molecule has 2 aliphatic rings. The Labute approximate surface area is 144 Å². The molecular weight excluding hydrogens is 304 g/mol. The van der Waals surface area contributed by atoms with Crippen molar-refractivity contribution >= 4 is 5.91 Å². The number of phenols is 1. The summed E-state index contributed by atoms with van der Waals surface area (Å²) in [7, 11) is 1.57. The second-order valence-electron chi connectivity index (χ2n) is 7.20. The summed E-state index contributed by atoms with van der Waals surface area (Å²) < 4.78 is 5.17. The minimum atomic E-state index is 0.179. The molecule has 1 heterocycles. The monoisotopic (exact) mass is 333 g/mol. The molecule has 0 bridgehead atoms. The molecule has 1 aromatic rings. The molecule has 1 aliphatic carbocycles. The van der Waals surface area contributed by atoms with Crippen LogP contribution >= 0.6 is 0 Å². The van der Waals surface area contributed by atoms with Crippen LogP contribution < -0.4 is 15.0 Å². The number of piperidine rings is 1. The molecule has 1 aromatic carbocycles. The first-order valence-corrected chi connectivity index (χ1v) is 9.15. The maximum atomic E-state index is 12.4. The van der Waals surface area contributed by atoms with Crippen LogP contribution in [0.15, 0.2) is 18.2 Å². The number of carbonyl (C=O) groups is 1. The van der Waals surface area contributed by atoms with Crippen molar-refractivity contribution in [1.82, 2.24) is 5.32 Å². The number of hydrogen-bond acceptors (Lipinski definition) is 3. The van der Waals surface area contributed by atoms with Crippen molar-refractivity contribution in [3.05, 3.63) is 23.8 Å². The smallest absolute Gasteiger partial charge is 0.223 e. The van der Waals surface area contributed by atoms with E-state index in [2.05, 4.69) is 5.32 Å². The van der Waals surface area contributed by atoms with Crippen LogP contribution in [0.4, 0.5) is 0 Å².